The molecule has 0 aliphatic rings. The standard InChI is InChI=1S/C13H17NO2S/c1-4-10-14(11-5-2)17(15,16)13-8-6-12(3)7-9-13/h1,6-9H,5,10-11H2,2-3H3. The molecule has 1 aromatic rings. The minimum Gasteiger partial charge on any atom is -0.207 e. The molecule has 0 radical (unpaired) electrons. The summed E-state index contributed by atoms with van der Waals surface area (Å²) in [6, 6.07) is 6.80. The van der Waals surface area contributed by atoms with Crippen molar-refractivity contribution in [3.05, 3.63) is 29.8 Å². The lowest BCUT2D eigenvalue weighted by atomic mass is 10.2. The van der Waals surface area contributed by atoms with E-state index in [9.17, 15) is 8.42 Å². The minimum absolute atomic E-state index is 0.115. The van der Waals surface area contributed by atoms with E-state index < -0.39 is 10.0 Å². The van der Waals surface area contributed by atoms with Crippen molar-refractivity contribution in [3.63, 3.8) is 0 Å². The van der Waals surface area contributed by atoms with Crippen LogP contribution < -0.4 is 0 Å². The van der Waals surface area contributed by atoms with Gasteiger partial charge in [0.05, 0.1) is 11.4 Å². The Kier molecular flexibility index (Phi) is 4.73. The van der Waals surface area contributed by atoms with Crippen molar-refractivity contribution >= 4 is 10.0 Å². The highest BCUT2D eigenvalue weighted by Gasteiger charge is 2.22. The third-order valence-electron chi connectivity index (χ3n) is 2.40. The van der Waals surface area contributed by atoms with Gasteiger partial charge in [0.2, 0.25) is 10.0 Å². The summed E-state index contributed by atoms with van der Waals surface area (Å²) in [5.74, 6) is 2.39. The number of aryl methyl sites for hydroxylation is 1. The van der Waals surface area contributed by atoms with Crippen LogP contribution in [0.2, 0.25) is 0 Å². The molecule has 0 aliphatic carbocycles. The third-order valence-corrected chi connectivity index (χ3v) is 4.26. The smallest absolute Gasteiger partial charge is 0.207 e. The molecule has 0 N–H and O–H groups in total. The Morgan fingerprint density at radius 1 is 1.29 bits per heavy atom. The zero-order valence-electron chi connectivity index (χ0n) is 10.2. The summed E-state index contributed by atoms with van der Waals surface area (Å²) in [7, 11) is -3.45. The third kappa shape index (κ3) is 3.32. The predicted octanol–water partition coefficient (Wildman–Crippen LogP) is 2.03. The molecular formula is C13H17NO2S. The molecule has 0 aromatic heterocycles. The number of rotatable bonds is 5. The summed E-state index contributed by atoms with van der Waals surface area (Å²) in [5, 5.41) is 0. The average molecular weight is 251 g/mol. The van der Waals surface area contributed by atoms with Gasteiger partial charge in [-0.25, -0.2) is 8.42 Å². The second-order valence-corrected chi connectivity index (χ2v) is 5.79. The van der Waals surface area contributed by atoms with Crippen molar-refractivity contribution in [2.75, 3.05) is 13.1 Å². The normalized spacial score (nSPS) is 11.4. The first kappa shape index (κ1) is 13.8. The first-order chi connectivity index (χ1) is 8.02. The topological polar surface area (TPSA) is 37.4 Å². The average Bonchev–Trinajstić information content (AvgIpc) is 2.29. The molecule has 0 atom stereocenters. The first-order valence-electron chi connectivity index (χ1n) is 5.52. The maximum Gasteiger partial charge on any atom is 0.243 e. The molecule has 1 rings (SSSR count). The number of hydrogen-bond donors (Lipinski definition) is 0. The van der Waals surface area contributed by atoms with Gasteiger partial charge in [-0.3, -0.25) is 0 Å². The summed E-state index contributed by atoms with van der Waals surface area (Å²) >= 11 is 0. The Balaban J connectivity index is 3.08. The van der Waals surface area contributed by atoms with Gasteiger partial charge in [-0.05, 0) is 25.5 Å². The quantitative estimate of drug-likeness (QED) is 0.751. The van der Waals surface area contributed by atoms with E-state index in [1.54, 1.807) is 24.3 Å². The zero-order valence-corrected chi connectivity index (χ0v) is 11.0. The largest absolute Gasteiger partial charge is 0.243 e. The second-order valence-electron chi connectivity index (χ2n) is 3.86. The summed E-state index contributed by atoms with van der Waals surface area (Å²) in [6.07, 6.45) is 5.95. The summed E-state index contributed by atoms with van der Waals surface area (Å²) in [6.45, 7) is 4.40. The van der Waals surface area contributed by atoms with E-state index in [-0.39, 0.29) is 6.54 Å². The number of sulfonamides is 1. The van der Waals surface area contributed by atoms with Crippen LogP contribution in [-0.4, -0.2) is 25.8 Å². The number of nitrogens with zero attached hydrogens (tertiary/aromatic N) is 1. The van der Waals surface area contributed by atoms with Gasteiger partial charge in [-0.1, -0.05) is 30.5 Å². The Labute approximate surface area is 104 Å². The van der Waals surface area contributed by atoms with Gasteiger partial charge in [0, 0.05) is 6.54 Å². The Morgan fingerprint density at radius 2 is 1.88 bits per heavy atom. The first-order valence-corrected chi connectivity index (χ1v) is 6.96. The highest BCUT2D eigenvalue weighted by molar-refractivity contribution is 7.89. The molecule has 3 nitrogen and oxygen atoms in total. The molecular weight excluding hydrogens is 234 g/mol. The van der Waals surface area contributed by atoms with Crippen molar-refractivity contribution < 1.29 is 8.42 Å². The van der Waals surface area contributed by atoms with Gasteiger partial charge in [0.15, 0.2) is 0 Å². The molecule has 0 saturated heterocycles. The Morgan fingerprint density at radius 3 is 2.35 bits per heavy atom. The fourth-order valence-electron chi connectivity index (χ4n) is 1.49. The van der Waals surface area contributed by atoms with Gasteiger partial charge in [0.1, 0.15) is 0 Å². The van der Waals surface area contributed by atoms with Crippen molar-refractivity contribution in [2.45, 2.75) is 25.2 Å². The van der Waals surface area contributed by atoms with Crippen molar-refractivity contribution in [1.29, 1.82) is 0 Å². The van der Waals surface area contributed by atoms with E-state index in [4.69, 9.17) is 6.42 Å². The highest BCUT2D eigenvalue weighted by atomic mass is 32.2. The summed E-state index contributed by atoms with van der Waals surface area (Å²) in [4.78, 5) is 0.298. The molecule has 0 spiro atoms. The van der Waals surface area contributed by atoms with Crippen LogP contribution >= 0.6 is 0 Å². The van der Waals surface area contributed by atoms with Crippen LogP contribution in [0.5, 0.6) is 0 Å². The highest BCUT2D eigenvalue weighted by Crippen LogP contribution is 2.16. The summed E-state index contributed by atoms with van der Waals surface area (Å²) in [5.41, 5.74) is 1.03. The Hall–Kier alpha value is -1.31. The van der Waals surface area contributed by atoms with E-state index in [0.29, 0.717) is 11.4 Å². The Bertz CT molecular complexity index is 497. The molecule has 0 bridgehead atoms. The van der Waals surface area contributed by atoms with E-state index in [2.05, 4.69) is 5.92 Å². The van der Waals surface area contributed by atoms with Gasteiger partial charge >= 0.3 is 0 Å². The van der Waals surface area contributed by atoms with Gasteiger partial charge in [0.25, 0.3) is 0 Å². The lowest BCUT2D eigenvalue weighted by Gasteiger charge is -2.19. The van der Waals surface area contributed by atoms with E-state index in [1.165, 1.54) is 4.31 Å². The fraction of sp³-hybridized carbons (Fsp3) is 0.385. The van der Waals surface area contributed by atoms with Gasteiger partial charge in [-0.2, -0.15) is 4.31 Å². The monoisotopic (exact) mass is 251 g/mol. The number of benzene rings is 1. The number of terminal acetylenes is 1. The molecule has 4 heteroatoms. The maximum absolute atomic E-state index is 12.3. The molecule has 0 aliphatic heterocycles. The molecule has 1 aromatic carbocycles. The van der Waals surface area contributed by atoms with Crippen molar-refractivity contribution in [3.8, 4) is 12.3 Å². The molecule has 0 saturated carbocycles. The van der Waals surface area contributed by atoms with Crippen LogP contribution in [0.25, 0.3) is 0 Å². The van der Waals surface area contributed by atoms with Crippen LogP contribution in [0.4, 0.5) is 0 Å². The summed E-state index contributed by atoms with van der Waals surface area (Å²) < 4.78 is 25.8. The van der Waals surface area contributed by atoms with Crippen LogP contribution in [0.15, 0.2) is 29.2 Å². The molecule has 0 heterocycles. The van der Waals surface area contributed by atoms with Gasteiger partial charge in [-0.15, -0.1) is 6.42 Å². The van der Waals surface area contributed by atoms with Gasteiger partial charge < -0.3 is 0 Å². The van der Waals surface area contributed by atoms with Crippen molar-refractivity contribution in [2.24, 2.45) is 0 Å². The molecule has 0 fully saturated rings. The molecule has 92 valence electrons. The van der Waals surface area contributed by atoms with E-state index in [1.807, 2.05) is 13.8 Å². The molecule has 0 amide bonds. The van der Waals surface area contributed by atoms with E-state index in [0.717, 1.165) is 12.0 Å². The second kappa shape index (κ2) is 5.85. The fourth-order valence-corrected chi connectivity index (χ4v) is 2.94. The zero-order chi connectivity index (χ0) is 12.9. The van der Waals surface area contributed by atoms with Crippen LogP contribution in [-0.2, 0) is 10.0 Å². The molecule has 0 unspecified atom stereocenters. The van der Waals surface area contributed by atoms with Crippen LogP contribution in [0.3, 0.4) is 0 Å². The van der Waals surface area contributed by atoms with Crippen LogP contribution in [0, 0.1) is 19.3 Å². The lowest BCUT2D eigenvalue weighted by molar-refractivity contribution is 0.445. The lowest BCUT2D eigenvalue weighted by Crippen LogP contribution is -2.32. The minimum atomic E-state index is -3.45. The predicted molar refractivity (Wildman–Crippen MR) is 69.1 cm³/mol. The number of hydrogen-bond acceptors (Lipinski definition) is 2. The maximum atomic E-state index is 12.3. The van der Waals surface area contributed by atoms with E-state index >= 15 is 0 Å². The van der Waals surface area contributed by atoms with Crippen molar-refractivity contribution in [1.82, 2.24) is 4.31 Å². The SMILES string of the molecule is C#CCN(CCC)S(=O)(=O)c1ccc(C)cc1. The molecule has 17 heavy (non-hydrogen) atoms. The van der Waals surface area contributed by atoms with Crippen LogP contribution in [0.1, 0.15) is 18.9 Å².